The summed E-state index contributed by atoms with van der Waals surface area (Å²) in [5.74, 6) is 1.06. The molecule has 2 heterocycles. The predicted octanol–water partition coefficient (Wildman–Crippen LogP) is 6.25. The summed E-state index contributed by atoms with van der Waals surface area (Å²) in [6, 6.07) is 20.1. The molecule has 1 atom stereocenters. The molecule has 35 heavy (non-hydrogen) atoms. The average molecular weight is 493 g/mol. The lowest BCUT2D eigenvalue weighted by molar-refractivity contribution is 0.223. The number of benzene rings is 2. The van der Waals surface area contributed by atoms with Gasteiger partial charge < -0.3 is 9.15 Å². The number of hydrogen-bond acceptors (Lipinski definition) is 6. The fourth-order valence-corrected chi connectivity index (χ4v) is 5.81. The standard InChI is InChI=1S/C28H32N2O4S/c1-20(2)27-28(24-10-5-6-12-26(24)34-27)35(31,32)23-15-13-22(14-16-23)33-19-9-18-30(4)21(3)25-11-7-8-17-29-25/h5-8,10-17,20-21H,9,18-19H2,1-4H3. The van der Waals surface area contributed by atoms with Crippen LogP contribution in [-0.4, -0.2) is 38.5 Å². The fraction of sp³-hybridized carbons (Fsp3) is 0.321. The van der Waals surface area contributed by atoms with Crippen molar-refractivity contribution in [1.29, 1.82) is 0 Å². The Bertz CT molecular complexity index is 1360. The van der Waals surface area contributed by atoms with Crippen LogP contribution in [0, 0.1) is 0 Å². The smallest absolute Gasteiger partial charge is 0.210 e. The monoisotopic (exact) mass is 492 g/mol. The summed E-state index contributed by atoms with van der Waals surface area (Å²) >= 11 is 0. The molecule has 0 bridgehead atoms. The summed E-state index contributed by atoms with van der Waals surface area (Å²) in [6.07, 6.45) is 2.65. The van der Waals surface area contributed by atoms with E-state index in [-0.39, 0.29) is 21.8 Å². The SMILES string of the molecule is CC(C)c1oc2ccccc2c1S(=O)(=O)c1ccc(OCCCN(C)C(C)c2ccccn2)cc1. The van der Waals surface area contributed by atoms with Crippen molar-refractivity contribution in [3.63, 3.8) is 0 Å². The summed E-state index contributed by atoms with van der Waals surface area (Å²) in [5.41, 5.74) is 1.62. The van der Waals surface area contributed by atoms with E-state index in [1.54, 1.807) is 36.4 Å². The number of aromatic nitrogens is 1. The number of rotatable bonds is 10. The molecule has 0 N–H and O–H groups in total. The Kier molecular flexibility index (Phi) is 7.57. The molecule has 0 fully saturated rings. The first-order valence-electron chi connectivity index (χ1n) is 11.9. The number of furan rings is 1. The highest BCUT2D eigenvalue weighted by atomic mass is 32.2. The Balaban J connectivity index is 1.40. The highest BCUT2D eigenvalue weighted by Crippen LogP contribution is 2.37. The van der Waals surface area contributed by atoms with Crippen molar-refractivity contribution in [3.8, 4) is 5.75 Å². The first-order valence-corrected chi connectivity index (χ1v) is 13.4. The Labute approximate surface area is 207 Å². The van der Waals surface area contributed by atoms with E-state index < -0.39 is 9.84 Å². The molecule has 0 saturated heterocycles. The molecule has 2 aromatic heterocycles. The molecule has 4 rings (SSSR count). The third kappa shape index (κ3) is 5.41. The fourth-order valence-electron chi connectivity index (χ4n) is 4.08. The van der Waals surface area contributed by atoms with E-state index in [4.69, 9.17) is 9.15 Å². The zero-order valence-electron chi connectivity index (χ0n) is 20.6. The van der Waals surface area contributed by atoms with Gasteiger partial charge in [-0.2, -0.15) is 0 Å². The molecule has 6 nitrogen and oxygen atoms in total. The lowest BCUT2D eigenvalue weighted by Crippen LogP contribution is -2.25. The number of para-hydroxylation sites is 1. The van der Waals surface area contributed by atoms with Gasteiger partial charge in [-0.1, -0.05) is 32.0 Å². The van der Waals surface area contributed by atoms with Gasteiger partial charge in [-0.25, -0.2) is 8.42 Å². The number of nitrogens with zero attached hydrogens (tertiary/aromatic N) is 2. The van der Waals surface area contributed by atoms with E-state index in [2.05, 4.69) is 23.9 Å². The number of sulfone groups is 1. The van der Waals surface area contributed by atoms with Gasteiger partial charge in [0.2, 0.25) is 9.84 Å². The minimum absolute atomic E-state index is 0.0618. The lowest BCUT2D eigenvalue weighted by atomic mass is 10.1. The van der Waals surface area contributed by atoms with Crippen LogP contribution in [-0.2, 0) is 9.84 Å². The molecule has 1 unspecified atom stereocenters. The van der Waals surface area contributed by atoms with E-state index in [0.717, 1.165) is 18.7 Å². The van der Waals surface area contributed by atoms with Gasteiger partial charge in [0.25, 0.3) is 0 Å². The lowest BCUT2D eigenvalue weighted by Gasteiger charge is -2.24. The van der Waals surface area contributed by atoms with Gasteiger partial charge in [0, 0.05) is 30.1 Å². The quantitative estimate of drug-likeness (QED) is 0.244. The van der Waals surface area contributed by atoms with E-state index in [9.17, 15) is 8.42 Å². The molecule has 0 aliphatic carbocycles. The van der Waals surface area contributed by atoms with Crippen molar-refractivity contribution in [1.82, 2.24) is 9.88 Å². The molecule has 184 valence electrons. The van der Waals surface area contributed by atoms with Gasteiger partial charge in [-0.3, -0.25) is 9.88 Å². The first-order chi connectivity index (χ1) is 16.8. The molecule has 0 aliphatic heterocycles. The summed E-state index contributed by atoms with van der Waals surface area (Å²) in [7, 11) is -1.68. The van der Waals surface area contributed by atoms with Crippen molar-refractivity contribution in [2.75, 3.05) is 20.2 Å². The normalized spacial score (nSPS) is 13.0. The summed E-state index contributed by atoms with van der Waals surface area (Å²) in [5, 5.41) is 0.612. The van der Waals surface area contributed by atoms with E-state index >= 15 is 0 Å². The molecule has 2 aromatic carbocycles. The van der Waals surface area contributed by atoms with Gasteiger partial charge in [0.05, 0.1) is 17.2 Å². The molecule has 0 spiro atoms. The van der Waals surface area contributed by atoms with Crippen molar-refractivity contribution in [2.24, 2.45) is 0 Å². The van der Waals surface area contributed by atoms with Gasteiger partial charge in [-0.15, -0.1) is 0 Å². The minimum Gasteiger partial charge on any atom is -0.494 e. The van der Waals surface area contributed by atoms with Crippen LogP contribution in [0.15, 0.2) is 87.1 Å². The molecular weight excluding hydrogens is 460 g/mol. The largest absolute Gasteiger partial charge is 0.494 e. The van der Waals surface area contributed by atoms with Crippen LogP contribution in [0.1, 0.15) is 50.6 Å². The topological polar surface area (TPSA) is 72.6 Å². The van der Waals surface area contributed by atoms with Gasteiger partial charge in [-0.05, 0) is 68.9 Å². The number of fused-ring (bicyclic) bond motifs is 1. The van der Waals surface area contributed by atoms with E-state index in [0.29, 0.717) is 29.1 Å². The van der Waals surface area contributed by atoms with Crippen molar-refractivity contribution in [3.05, 3.63) is 84.4 Å². The second-order valence-corrected chi connectivity index (χ2v) is 10.9. The third-order valence-corrected chi connectivity index (χ3v) is 8.05. The zero-order chi connectivity index (χ0) is 25.0. The molecule has 0 saturated carbocycles. The molecule has 7 heteroatoms. The van der Waals surface area contributed by atoms with Crippen LogP contribution in [0.25, 0.3) is 11.0 Å². The average Bonchev–Trinajstić information content (AvgIpc) is 3.28. The third-order valence-electron chi connectivity index (χ3n) is 6.20. The van der Waals surface area contributed by atoms with Gasteiger partial charge in [0.1, 0.15) is 22.0 Å². The van der Waals surface area contributed by atoms with Crippen molar-refractivity contribution in [2.45, 2.75) is 48.9 Å². The molecule has 0 radical (unpaired) electrons. The second-order valence-electron chi connectivity index (χ2n) is 9.03. The van der Waals surface area contributed by atoms with Crippen LogP contribution in [0.3, 0.4) is 0 Å². The number of hydrogen-bond donors (Lipinski definition) is 0. The minimum atomic E-state index is -3.75. The van der Waals surface area contributed by atoms with Crippen LogP contribution in [0.5, 0.6) is 5.75 Å². The Morgan fingerprint density at radius 2 is 1.69 bits per heavy atom. The summed E-state index contributed by atoms with van der Waals surface area (Å²) < 4.78 is 38.9. The molecular formula is C28H32N2O4S. The predicted molar refractivity (Wildman–Crippen MR) is 138 cm³/mol. The van der Waals surface area contributed by atoms with Crippen molar-refractivity contribution < 1.29 is 17.6 Å². The van der Waals surface area contributed by atoms with Gasteiger partial charge in [0.15, 0.2) is 0 Å². The first kappa shape index (κ1) is 24.9. The van der Waals surface area contributed by atoms with Crippen LogP contribution in [0.2, 0.25) is 0 Å². The van der Waals surface area contributed by atoms with E-state index in [1.807, 2.05) is 50.4 Å². The summed E-state index contributed by atoms with van der Waals surface area (Å²) in [4.78, 5) is 7.14. The highest BCUT2D eigenvalue weighted by Gasteiger charge is 2.29. The molecule has 4 aromatic rings. The van der Waals surface area contributed by atoms with Gasteiger partial charge >= 0.3 is 0 Å². The molecule has 0 amide bonds. The van der Waals surface area contributed by atoms with E-state index in [1.165, 1.54) is 0 Å². The summed E-state index contributed by atoms with van der Waals surface area (Å²) in [6.45, 7) is 7.39. The maximum Gasteiger partial charge on any atom is 0.210 e. The second kappa shape index (κ2) is 10.6. The Morgan fingerprint density at radius 3 is 2.37 bits per heavy atom. The van der Waals surface area contributed by atoms with Crippen LogP contribution in [0.4, 0.5) is 0 Å². The van der Waals surface area contributed by atoms with Crippen molar-refractivity contribution >= 4 is 20.8 Å². The number of ether oxygens (including phenoxy) is 1. The number of pyridine rings is 1. The maximum absolute atomic E-state index is 13.6. The maximum atomic E-state index is 13.6. The Hall–Kier alpha value is -3.16. The van der Waals surface area contributed by atoms with Crippen LogP contribution >= 0.6 is 0 Å². The van der Waals surface area contributed by atoms with Crippen LogP contribution < -0.4 is 4.74 Å². The Morgan fingerprint density at radius 1 is 0.971 bits per heavy atom. The zero-order valence-corrected chi connectivity index (χ0v) is 21.5. The molecule has 0 aliphatic rings. The highest BCUT2D eigenvalue weighted by molar-refractivity contribution is 7.91.